The van der Waals surface area contributed by atoms with Gasteiger partial charge >= 0.3 is 0 Å². The summed E-state index contributed by atoms with van der Waals surface area (Å²) in [5.41, 5.74) is 2.99. The molecule has 25 heavy (non-hydrogen) atoms. The quantitative estimate of drug-likeness (QED) is 0.715. The van der Waals surface area contributed by atoms with E-state index in [4.69, 9.17) is 11.6 Å². The average Bonchev–Trinajstić information content (AvgIpc) is 3.22. The Morgan fingerprint density at radius 3 is 2.68 bits per heavy atom. The van der Waals surface area contributed by atoms with Gasteiger partial charge in [-0.25, -0.2) is 9.13 Å². The lowest BCUT2D eigenvalue weighted by atomic mass is 10.2. The highest BCUT2D eigenvalue weighted by Gasteiger charge is 2.29. The molecule has 3 aromatic rings. The van der Waals surface area contributed by atoms with E-state index in [1.54, 1.807) is 6.07 Å². The maximum absolute atomic E-state index is 12.5. The Balaban J connectivity index is 1.59. The number of rotatable bonds is 4. The molecule has 0 radical (unpaired) electrons. The van der Waals surface area contributed by atoms with Crippen LogP contribution >= 0.6 is 11.6 Å². The summed E-state index contributed by atoms with van der Waals surface area (Å²) >= 11 is 6.12. The molecule has 4 rings (SSSR count). The summed E-state index contributed by atoms with van der Waals surface area (Å²) < 4.78 is 4.37. The number of carbonyl (C=O) groups is 1. The van der Waals surface area contributed by atoms with Crippen LogP contribution in [-0.2, 0) is 24.3 Å². The fourth-order valence-corrected chi connectivity index (χ4v) is 3.58. The fourth-order valence-electron chi connectivity index (χ4n) is 3.39. The van der Waals surface area contributed by atoms with E-state index in [2.05, 4.69) is 32.8 Å². The van der Waals surface area contributed by atoms with Gasteiger partial charge < -0.3 is 5.32 Å². The lowest BCUT2D eigenvalue weighted by Gasteiger charge is -2.05. The van der Waals surface area contributed by atoms with Crippen molar-refractivity contribution < 1.29 is 9.36 Å². The van der Waals surface area contributed by atoms with Gasteiger partial charge in [-0.15, -0.1) is 0 Å². The van der Waals surface area contributed by atoms with Gasteiger partial charge in [0.05, 0.1) is 23.7 Å². The van der Waals surface area contributed by atoms with Crippen molar-refractivity contribution in [3.8, 4) is 11.3 Å². The zero-order chi connectivity index (χ0) is 17.2. The molecule has 4 nitrogen and oxygen atoms in total. The molecule has 0 fully saturated rings. The number of para-hydroxylation sites is 1. The molecule has 5 heteroatoms. The molecule has 0 spiro atoms. The second-order valence-corrected chi connectivity index (χ2v) is 6.61. The third-order valence-electron chi connectivity index (χ3n) is 4.53. The number of nitrogens with one attached hydrogen (secondary N) is 1. The van der Waals surface area contributed by atoms with Gasteiger partial charge in [0.25, 0.3) is 11.7 Å². The van der Waals surface area contributed by atoms with Gasteiger partial charge in [0.15, 0.2) is 12.2 Å². The van der Waals surface area contributed by atoms with Crippen LogP contribution in [0.1, 0.15) is 12.2 Å². The third kappa shape index (κ3) is 3.17. The van der Waals surface area contributed by atoms with Gasteiger partial charge in [-0.3, -0.25) is 4.79 Å². The minimum Gasteiger partial charge on any atom is -0.321 e. The zero-order valence-electron chi connectivity index (χ0n) is 13.8. The Morgan fingerprint density at radius 1 is 1.12 bits per heavy atom. The van der Waals surface area contributed by atoms with Gasteiger partial charge in [-0.2, -0.15) is 0 Å². The van der Waals surface area contributed by atoms with Crippen molar-refractivity contribution in [1.82, 2.24) is 4.57 Å². The molecule has 1 aromatic heterocycles. The molecule has 126 valence electrons. The predicted molar refractivity (Wildman–Crippen MR) is 98.5 cm³/mol. The monoisotopic (exact) mass is 352 g/mol. The number of benzene rings is 2. The number of aromatic nitrogens is 2. The van der Waals surface area contributed by atoms with Crippen LogP contribution in [0.2, 0.25) is 5.02 Å². The minimum atomic E-state index is -0.0713. The highest BCUT2D eigenvalue weighted by atomic mass is 35.5. The summed E-state index contributed by atoms with van der Waals surface area (Å²) in [6.07, 6.45) is 4.18. The van der Waals surface area contributed by atoms with Gasteiger partial charge in [0, 0.05) is 5.56 Å². The summed E-state index contributed by atoms with van der Waals surface area (Å²) in [6, 6.07) is 17.6. The molecule has 1 aliphatic heterocycles. The van der Waals surface area contributed by atoms with Crippen LogP contribution < -0.4 is 9.88 Å². The van der Waals surface area contributed by atoms with Crippen molar-refractivity contribution in [2.75, 3.05) is 5.32 Å². The minimum absolute atomic E-state index is 0.0713. The molecular weight excluding hydrogens is 334 g/mol. The maximum Gasteiger partial charge on any atom is 0.266 e. The Labute approximate surface area is 151 Å². The average molecular weight is 353 g/mol. The number of nitrogens with zero attached hydrogens (tertiary/aromatic N) is 2. The highest BCUT2D eigenvalue weighted by molar-refractivity contribution is 6.33. The standard InChI is InChI=1S/C20H18ClN3O/c21-16-9-4-5-10-17(16)22-19(25)14-23-13-18(15-7-2-1-3-8-15)24-12-6-11-20(23)24/h1-5,7-10,13H,6,11-12,14H2/p+1. The second-order valence-electron chi connectivity index (χ2n) is 6.21. The van der Waals surface area contributed by atoms with Crippen LogP contribution in [0.4, 0.5) is 5.69 Å². The maximum atomic E-state index is 12.5. The number of amides is 1. The first-order chi connectivity index (χ1) is 12.2. The summed E-state index contributed by atoms with van der Waals surface area (Å²) in [5.74, 6) is 1.13. The van der Waals surface area contributed by atoms with E-state index >= 15 is 0 Å². The molecule has 0 saturated heterocycles. The summed E-state index contributed by atoms with van der Waals surface area (Å²) in [7, 11) is 0. The first kappa shape index (κ1) is 15.9. The van der Waals surface area contributed by atoms with E-state index in [0.29, 0.717) is 10.7 Å². The number of imidazole rings is 1. The molecule has 0 unspecified atom stereocenters. The zero-order valence-corrected chi connectivity index (χ0v) is 14.5. The molecule has 0 atom stereocenters. The Hall–Kier alpha value is -2.59. The number of hydrogen-bond acceptors (Lipinski definition) is 1. The number of hydrogen-bond donors (Lipinski definition) is 1. The SMILES string of the molecule is O=C(C[n+]1cc(-c2ccccc2)n2c1CCC2)Nc1ccccc1Cl. The van der Waals surface area contributed by atoms with E-state index in [9.17, 15) is 4.79 Å². The van der Waals surface area contributed by atoms with E-state index < -0.39 is 0 Å². The van der Waals surface area contributed by atoms with E-state index in [-0.39, 0.29) is 12.5 Å². The first-order valence-electron chi connectivity index (χ1n) is 8.44. The van der Waals surface area contributed by atoms with Crippen molar-refractivity contribution in [1.29, 1.82) is 0 Å². The lowest BCUT2D eigenvalue weighted by molar-refractivity contribution is -0.690. The highest BCUT2D eigenvalue weighted by Crippen LogP contribution is 2.24. The van der Waals surface area contributed by atoms with Crippen LogP contribution in [0.5, 0.6) is 0 Å². The van der Waals surface area contributed by atoms with Gasteiger partial charge in [0.1, 0.15) is 6.20 Å². The lowest BCUT2D eigenvalue weighted by Crippen LogP contribution is -2.42. The molecule has 1 amide bonds. The van der Waals surface area contributed by atoms with Crippen LogP contribution in [0.3, 0.4) is 0 Å². The van der Waals surface area contributed by atoms with Crippen molar-refractivity contribution in [3.63, 3.8) is 0 Å². The largest absolute Gasteiger partial charge is 0.321 e. The van der Waals surface area contributed by atoms with Crippen molar-refractivity contribution in [2.24, 2.45) is 0 Å². The molecular formula is C20H19ClN3O+. The topological polar surface area (TPSA) is 37.9 Å². The Bertz CT molecular complexity index is 918. The van der Waals surface area contributed by atoms with Crippen LogP contribution in [-0.4, -0.2) is 10.5 Å². The number of halogens is 1. The first-order valence-corrected chi connectivity index (χ1v) is 8.82. The van der Waals surface area contributed by atoms with Crippen LogP contribution in [0.25, 0.3) is 11.3 Å². The summed E-state index contributed by atoms with van der Waals surface area (Å²) in [6.45, 7) is 1.28. The van der Waals surface area contributed by atoms with Crippen LogP contribution in [0, 0.1) is 0 Å². The Kier molecular flexibility index (Phi) is 4.28. The van der Waals surface area contributed by atoms with Crippen molar-refractivity contribution in [2.45, 2.75) is 25.9 Å². The third-order valence-corrected chi connectivity index (χ3v) is 4.86. The molecule has 1 aliphatic rings. The Morgan fingerprint density at radius 2 is 1.88 bits per heavy atom. The molecule has 0 saturated carbocycles. The van der Waals surface area contributed by atoms with Gasteiger partial charge in [0.2, 0.25) is 0 Å². The molecule has 2 aromatic carbocycles. The molecule has 2 heterocycles. The molecule has 0 bridgehead atoms. The summed E-state index contributed by atoms with van der Waals surface area (Å²) in [5, 5.41) is 3.45. The fraction of sp³-hybridized carbons (Fsp3) is 0.200. The van der Waals surface area contributed by atoms with Gasteiger partial charge in [-0.1, -0.05) is 54.1 Å². The van der Waals surface area contributed by atoms with Crippen molar-refractivity contribution >= 4 is 23.2 Å². The van der Waals surface area contributed by atoms with E-state index in [0.717, 1.165) is 19.4 Å². The van der Waals surface area contributed by atoms with E-state index in [1.165, 1.54) is 17.1 Å². The molecule has 0 aliphatic carbocycles. The summed E-state index contributed by atoms with van der Waals surface area (Å²) in [4.78, 5) is 12.5. The second kappa shape index (κ2) is 6.73. The van der Waals surface area contributed by atoms with E-state index in [1.807, 2.05) is 36.4 Å². The normalized spacial score (nSPS) is 12.8. The molecule has 1 N–H and O–H groups in total. The van der Waals surface area contributed by atoms with Gasteiger partial charge in [-0.05, 0) is 18.6 Å². The van der Waals surface area contributed by atoms with Crippen LogP contribution in [0.15, 0.2) is 60.8 Å². The number of fused-ring (bicyclic) bond motifs is 1. The van der Waals surface area contributed by atoms with Crippen molar-refractivity contribution in [3.05, 3.63) is 71.6 Å². The smallest absolute Gasteiger partial charge is 0.266 e. The number of carbonyl (C=O) groups excluding carboxylic acids is 1. The predicted octanol–water partition coefficient (Wildman–Crippen LogP) is 3.68. The number of anilines is 1.